The van der Waals surface area contributed by atoms with Crippen LogP contribution in [-0.4, -0.2) is 11.6 Å². The lowest BCUT2D eigenvalue weighted by Gasteiger charge is -2.70. The minimum absolute atomic E-state index is 0.332. The smallest absolute Gasteiger partial charge is 0.221 e. The first-order valence-corrected chi connectivity index (χ1v) is 11.2. The fraction of sp³-hybridized carbons (Fsp3) is 0.462. The van der Waals surface area contributed by atoms with Crippen molar-refractivity contribution < 1.29 is 4.84 Å². The lowest BCUT2D eigenvalue weighted by molar-refractivity contribution is -0.208. The third-order valence-electron chi connectivity index (χ3n) is 9.22. The molecule has 0 radical (unpaired) electrons. The normalized spacial score (nSPS) is 37.3. The van der Waals surface area contributed by atoms with Gasteiger partial charge in [0, 0.05) is 11.5 Å². The Bertz CT molecular complexity index is 1100. The predicted octanol–water partition coefficient (Wildman–Crippen LogP) is 5.66. The molecule has 0 saturated heterocycles. The second kappa shape index (κ2) is 5.38. The van der Waals surface area contributed by atoms with Gasteiger partial charge in [0.25, 0.3) is 0 Å². The van der Waals surface area contributed by atoms with Crippen molar-refractivity contribution in [1.82, 2.24) is 0 Å². The summed E-state index contributed by atoms with van der Waals surface area (Å²) in [5.41, 5.74) is 8.02. The van der Waals surface area contributed by atoms with E-state index in [1.54, 1.807) is 0 Å². The van der Waals surface area contributed by atoms with Crippen LogP contribution in [0.1, 0.15) is 49.3 Å². The van der Waals surface area contributed by atoms with E-state index < -0.39 is 0 Å². The van der Waals surface area contributed by atoms with Gasteiger partial charge in [-0.1, -0.05) is 47.6 Å². The fourth-order valence-electron chi connectivity index (χ4n) is 8.21. The molecule has 0 heterocycles. The van der Waals surface area contributed by atoms with Gasteiger partial charge in [-0.2, -0.15) is 0 Å². The van der Waals surface area contributed by atoms with Gasteiger partial charge in [0.05, 0.1) is 5.71 Å². The van der Waals surface area contributed by atoms with Crippen molar-refractivity contribution in [1.29, 1.82) is 5.41 Å². The Balaban J connectivity index is 1.13. The minimum Gasteiger partial charge on any atom is -0.341 e. The minimum atomic E-state index is 0.332. The van der Waals surface area contributed by atoms with Crippen LogP contribution in [0.3, 0.4) is 0 Å². The van der Waals surface area contributed by atoms with Crippen molar-refractivity contribution in [3.8, 4) is 11.1 Å². The Morgan fingerprint density at radius 1 is 1.03 bits per heavy atom. The standard InChI is InChI=1S/C26H26N2O/c1-14(18-7-4-8-20-19-6-3-2-5-16(19)11-21(18)20)28-29-25(27)24-22-10-15-9-17-12-23(24)26(17,22)13-15/h2-8,15,17,22-24,27H,9-13H2,1H3/b27-25?,28-14+. The monoisotopic (exact) mass is 382 g/mol. The molecule has 1 spiro atoms. The van der Waals surface area contributed by atoms with Gasteiger partial charge >= 0.3 is 0 Å². The molecule has 6 atom stereocenters. The summed E-state index contributed by atoms with van der Waals surface area (Å²) in [5.74, 6) is 4.09. The Kier molecular flexibility index (Phi) is 3.04. The number of nitrogens with zero attached hydrogens (tertiary/aromatic N) is 1. The van der Waals surface area contributed by atoms with Crippen molar-refractivity contribution in [3.63, 3.8) is 0 Å². The van der Waals surface area contributed by atoms with E-state index in [9.17, 15) is 0 Å². The molecule has 6 unspecified atom stereocenters. The summed E-state index contributed by atoms with van der Waals surface area (Å²) >= 11 is 0. The average Bonchev–Trinajstić information content (AvgIpc) is 3.37. The summed E-state index contributed by atoms with van der Waals surface area (Å²) < 4.78 is 0. The third-order valence-corrected chi connectivity index (χ3v) is 9.22. The van der Waals surface area contributed by atoms with E-state index in [1.165, 1.54) is 47.9 Å². The zero-order valence-electron chi connectivity index (χ0n) is 16.8. The van der Waals surface area contributed by atoms with Crippen LogP contribution in [0.4, 0.5) is 0 Å². The van der Waals surface area contributed by atoms with E-state index in [0.29, 0.717) is 29.1 Å². The summed E-state index contributed by atoms with van der Waals surface area (Å²) in [7, 11) is 0. The van der Waals surface area contributed by atoms with Crippen LogP contribution in [0.25, 0.3) is 11.1 Å². The Hall–Kier alpha value is -2.42. The topological polar surface area (TPSA) is 45.4 Å². The molecule has 2 aromatic rings. The molecule has 3 heteroatoms. The number of hydrogen-bond donors (Lipinski definition) is 1. The SMILES string of the molecule is C/C(=N\OC(=N)C1C2CC3CC4CC1C42C3)c1cccc2c1Cc1ccccc1-2. The molecule has 5 aliphatic carbocycles. The zero-order valence-corrected chi connectivity index (χ0v) is 16.8. The van der Waals surface area contributed by atoms with Gasteiger partial charge in [0.1, 0.15) is 0 Å². The molecule has 4 saturated carbocycles. The predicted molar refractivity (Wildman–Crippen MR) is 114 cm³/mol. The Morgan fingerprint density at radius 2 is 1.86 bits per heavy atom. The molecular weight excluding hydrogens is 356 g/mol. The quantitative estimate of drug-likeness (QED) is 0.355. The lowest BCUT2D eigenvalue weighted by atomic mass is 9.34. The number of benzene rings is 2. The number of hydrogen-bond acceptors (Lipinski definition) is 3. The van der Waals surface area contributed by atoms with Crippen LogP contribution in [0.2, 0.25) is 0 Å². The first-order valence-electron chi connectivity index (χ1n) is 11.2. The maximum atomic E-state index is 8.61. The summed E-state index contributed by atoms with van der Waals surface area (Å²) in [5, 5.41) is 13.1. The van der Waals surface area contributed by atoms with E-state index in [-0.39, 0.29) is 0 Å². The van der Waals surface area contributed by atoms with Crippen molar-refractivity contribution in [2.45, 2.75) is 39.0 Å². The Labute approximate surface area is 171 Å². The van der Waals surface area contributed by atoms with Crippen LogP contribution in [0, 0.1) is 40.4 Å². The van der Waals surface area contributed by atoms with Gasteiger partial charge in [-0.3, -0.25) is 5.41 Å². The molecule has 0 aromatic heterocycles. The molecule has 0 aliphatic heterocycles. The second-order valence-electron chi connectivity index (χ2n) is 10.1. The highest BCUT2D eigenvalue weighted by molar-refractivity contribution is 6.02. The van der Waals surface area contributed by atoms with Crippen LogP contribution in [0.5, 0.6) is 0 Å². The van der Waals surface area contributed by atoms with Crippen LogP contribution in [0.15, 0.2) is 47.6 Å². The zero-order chi connectivity index (χ0) is 19.3. The molecule has 146 valence electrons. The van der Waals surface area contributed by atoms with Gasteiger partial charge in [0.15, 0.2) is 0 Å². The Morgan fingerprint density at radius 3 is 2.76 bits per heavy atom. The van der Waals surface area contributed by atoms with Crippen molar-refractivity contribution >= 4 is 11.6 Å². The van der Waals surface area contributed by atoms with Crippen LogP contribution in [-0.2, 0) is 11.3 Å². The van der Waals surface area contributed by atoms with Crippen LogP contribution >= 0.6 is 0 Å². The average molecular weight is 383 g/mol. The molecule has 7 rings (SSSR count). The highest BCUT2D eigenvalue weighted by Crippen LogP contribution is 2.83. The molecule has 1 N–H and O–H groups in total. The molecule has 29 heavy (non-hydrogen) atoms. The third kappa shape index (κ3) is 1.90. The molecule has 5 aliphatic rings. The van der Waals surface area contributed by atoms with Crippen molar-refractivity contribution in [2.24, 2.45) is 40.2 Å². The molecule has 4 fully saturated rings. The molecule has 0 amide bonds. The largest absolute Gasteiger partial charge is 0.341 e. The first kappa shape index (κ1) is 16.4. The van der Waals surface area contributed by atoms with E-state index in [0.717, 1.165) is 29.5 Å². The van der Waals surface area contributed by atoms with Crippen molar-refractivity contribution in [3.05, 3.63) is 59.2 Å². The molecule has 2 aromatic carbocycles. The highest BCUT2D eigenvalue weighted by atomic mass is 16.6. The van der Waals surface area contributed by atoms with Crippen molar-refractivity contribution in [2.75, 3.05) is 0 Å². The molecule has 3 nitrogen and oxygen atoms in total. The van der Waals surface area contributed by atoms with Crippen LogP contribution < -0.4 is 0 Å². The summed E-state index contributed by atoms with van der Waals surface area (Å²) in [4.78, 5) is 5.78. The number of rotatable bonds is 3. The van der Waals surface area contributed by atoms with Gasteiger partial charge in [0.2, 0.25) is 5.90 Å². The van der Waals surface area contributed by atoms with E-state index in [1.807, 2.05) is 6.92 Å². The summed E-state index contributed by atoms with van der Waals surface area (Å²) in [6.45, 7) is 2.02. The number of nitrogens with one attached hydrogen (secondary N) is 1. The van der Waals surface area contributed by atoms with Gasteiger partial charge in [-0.05, 0) is 90.4 Å². The fourth-order valence-corrected chi connectivity index (χ4v) is 8.21. The lowest BCUT2D eigenvalue weighted by Crippen LogP contribution is -2.67. The second-order valence-corrected chi connectivity index (χ2v) is 10.1. The summed E-state index contributed by atoms with van der Waals surface area (Å²) in [6.07, 6.45) is 6.51. The number of oxime groups is 1. The van der Waals surface area contributed by atoms with E-state index >= 15 is 0 Å². The highest BCUT2D eigenvalue weighted by Gasteiger charge is 2.78. The van der Waals surface area contributed by atoms with Gasteiger partial charge in [-0.15, -0.1) is 0 Å². The van der Waals surface area contributed by atoms with Gasteiger partial charge < -0.3 is 4.84 Å². The maximum absolute atomic E-state index is 8.61. The summed E-state index contributed by atoms with van der Waals surface area (Å²) in [6, 6.07) is 15.1. The maximum Gasteiger partial charge on any atom is 0.221 e. The molecule has 2 bridgehead atoms. The first-order chi connectivity index (χ1) is 14.2. The molecular formula is C26H26N2O. The van der Waals surface area contributed by atoms with E-state index in [4.69, 9.17) is 10.2 Å². The van der Waals surface area contributed by atoms with E-state index in [2.05, 4.69) is 47.6 Å². The van der Waals surface area contributed by atoms with Gasteiger partial charge in [-0.25, -0.2) is 0 Å². The number of fused-ring (bicyclic) bond motifs is 4.